The number of aromatic nitrogens is 5. The Labute approximate surface area is 174 Å². The molecule has 0 aliphatic heterocycles. The molecule has 0 aliphatic rings. The molecule has 31 heavy (non-hydrogen) atoms. The molecule has 1 amide bonds. The first-order valence-electron chi connectivity index (χ1n) is 9.53. The number of benzene rings is 2. The number of nitrogens with zero attached hydrogens (tertiary/aromatic N) is 4. The Balaban J connectivity index is 1.45. The van der Waals surface area contributed by atoms with Crippen molar-refractivity contribution < 1.29 is 4.79 Å². The summed E-state index contributed by atoms with van der Waals surface area (Å²) in [7, 11) is 0. The van der Waals surface area contributed by atoms with E-state index in [1.807, 2.05) is 24.4 Å². The number of pyridine rings is 1. The number of para-hydroxylation sites is 1. The van der Waals surface area contributed by atoms with E-state index in [-0.39, 0.29) is 12.5 Å². The van der Waals surface area contributed by atoms with Crippen LogP contribution in [0, 0.1) is 0 Å². The predicted octanol–water partition coefficient (Wildman–Crippen LogP) is 1.65. The van der Waals surface area contributed by atoms with Crippen LogP contribution in [0.2, 0.25) is 0 Å². The normalized spacial score (nSPS) is 11.1. The lowest BCUT2D eigenvalue weighted by atomic mass is 10.1. The van der Waals surface area contributed by atoms with E-state index in [1.165, 1.54) is 12.1 Å². The maximum atomic E-state index is 12.9. The van der Waals surface area contributed by atoms with Crippen molar-refractivity contribution in [2.75, 3.05) is 0 Å². The molecule has 0 radical (unpaired) electrons. The second kappa shape index (κ2) is 7.38. The van der Waals surface area contributed by atoms with E-state index >= 15 is 0 Å². The van der Waals surface area contributed by atoms with Gasteiger partial charge in [-0.2, -0.15) is 0 Å². The van der Waals surface area contributed by atoms with Crippen molar-refractivity contribution in [1.82, 2.24) is 29.5 Å². The van der Waals surface area contributed by atoms with Crippen LogP contribution in [0.1, 0.15) is 16.2 Å². The van der Waals surface area contributed by atoms with Gasteiger partial charge in [0.2, 0.25) is 0 Å². The van der Waals surface area contributed by atoms with Gasteiger partial charge in [-0.05, 0) is 42.5 Å². The van der Waals surface area contributed by atoms with Gasteiger partial charge in [-0.3, -0.25) is 14.0 Å². The van der Waals surface area contributed by atoms with E-state index in [9.17, 15) is 14.4 Å². The van der Waals surface area contributed by atoms with E-state index in [0.717, 1.165) is 4.57 Å². The number of carbonyl (C=O) groups excluding carboxylic acids is 1. The van der Waals surface area contributed by atoms with Crippen molar-refractivity contribution in [3.05, 3.63) is 105 Å². The number of hydrogen-bond donors (Lipinski definition) is 2. The number of H-pyrrole nitrogens is 1. The zero-order valence-electron chi connectivity index (χ0n) is 16.1. The van der Waals surface area contributed by atoms with Crippen molar-refractivity contribution in [2.45, 2.75) is 6.54 Å². The molecule has 0 saturated heterocycles. The van der Waals surface area contributed by atoms with Gasteiger partial charge in [0, 0.05) is 11.8 Å². The van der Waals surface area contributed by atoms with Crippen molar-refractivity contribution in [3.63, 3.8) is 0 Å². The summed E-state index contributed by atoms with van der Waals surface area (Å²) in [5.41, 5.74) is 0.738. The first-order valence-corrected chi connectivity index (χ1v) is 9.53. The van der Waals surface area contributed by atoms with E-state index < -0.39 is 11.2 Å². The third kappa shape index (κ3) is 3.27. The number of amides is 1. The zero-order valence-corrected chi connectivity index (χ0v) is 16.1. The molecule has 0 saturated carbocycles. The maximum Gasteiger partial charge on any atom is 0.333 e. The molecule has 0 spiro atoms. The average Bonchev–Trinajstić information content (AvgIpc) is 3.21. The molecular formula is C22H16N6O3. The number of hydrogen-bond acceptors (Lipinski definition) is 5. The minimum absolute atomic E-state index is 0.175. The molecule has 152 valence electrons. The summed E-state index contributed by atoms with van der Waals surface area (Å²) < 4.78 is 2.85. The van der Waals surface area contributed by atoms with Gasteiger partial charge >= 0.3 is 5.69 Å². The first-order chi connectivity index (χ1) is 15.1. The maximum absolute atomic E-state index is 12.9. The number of rotatable bonds is 4. The fraction of sp³-hybridized carbons (Fsp3) is 0.0455. The molecule has 2 N–H and O–H groups in total. The third-order valence-corrected chi connectivity index (χ3v) is 4.97. The lowest BCUT2D eigenvalue weighted by Crippen LogP contribution is -2.33. The molecule has 0 unspecified atom stereocenters. The van der Waals surface area contributed by atoms with Gasteiger partial charge in [0.1, 0.15) is 0 Å². The number of fused-ring (bicyclic) bond motifs is 2. The highest BCUT2D eigenvalue weighted by Gasteiger charge is 2.13. The highest BCUT2D eigenvalue weighted by molar-refractivity contribution is 5.97. The summed E-state index contributed by atoms with van der Waals surface area (Å²) in [5, 5.41) is 11.2. The van der Waals surface area contributed by atoms with E-state index in [0.29, 0.717) is 33.6 Å². The Hall–Kier alpha value is -4.53. The van der Waals surface area contributed by atoms with Gasteiger partial charge in [0.15, 0.2) is 11.5 Å². The van der Waals surface area contributed by atoms with Crippen LogP contribution in [0.3, 0.4) is 0 Å². The van der Waals surface area contributed by atoms with Crippen LogP contribution in [0.15, 0.2) is 82.5 Å². The molecule has 9 heteroatoms. The van der Waals surface area contributed by atoms with Crippen LogP contribution in [-0.4, -0.2) is 30.1 Å². The molecule has 3 aromatic heterocycles. The van der Waals surface area contributed by atoms with Crippen molar-refractivity contribution >= 4 is 22.5 Å². The molecular weight excluding hydrogens is 396 g/mol. The van der Waals surface area contributed by atoms with Crippen LogP contribution in [0.5, 0.6) is 0 Å². The lowest BCUT2D eigenvalue weighted by Gasteiger charge is -2.08. The Kier molecular flexibility index (Phi) is 4.40. The molecule has 0 fully saturated rings. The molecule has 5 aromatic rings. The minimum Gasteiger partial charge on any atom is -0.345 e. The second-order valence-corrected chi connectivity index (χ2v) is 6.89. The predicted molar refractivity (Wildman–Crippen MR) is 114 cm³/mol. The van der Waals surface area contributed by atoms with Crippen LogP contribution in [-0.2, 0) is 6.54 Å². The summed E-state index contributed by atoms with van der Waals surface area (Å²) in [6, 6.07) is 18.8. The molecule has 2 aromatic carbocycles. The number of aromatic amines is 1. The van der Waals surface area contributed by atoms with Gasteiger partial charge in [0.25, 0.3) is 11.5 Å². The van der Waals surface area contributed by atoms with Crippen molar-refractivity contribution in [2.24, 2.45) is 0 Å². The Morgan fingerprint density at radius 1 is 0.968 bits per heavy atom. The minimum atomic E-state index is -0.573. The quantitative estimate of drug-likeness (QED) is 0.466. The van der Waals surface area contributed by atoms with Gasteiger partial charge < -0.3 is 10.3 Å². The van der Waals surface area contributed by atoms with Crippen molar-refractivity contribution in [1.29, 1.82) is 0 Å². The van der Waals surface area contributed by atoms with Crippen LogP contribution >= 0.6 is 0 Å². The first kappa shape index (κ1) is 18.5. The third-order valence-electron chi connectivity index (χ3n) is 4.97. The highest BCUT2D eigenvalue weighted by Crippen LogP contribution is 2.11. The molecule has 0 bridgehead atoms. The molecule has 0 aliphatic carbocycles. The SMILES string of the molecule is O=C(NCc1nnc2ccccn12)c1ccc2c(=O)n(-c3ccccc3)c(=O)[nH]c2c1. The summed E-state index contributed by atoms with van der Waals surface area (Å²) in [5.74, 6) is 0.228. The standard InChI is InChI=1S/C22H16N6O3/c29-20(23-13-19-26-25-18-8-4-5-11-27(18)19)14-9-10-16-17(12-14)24-22(31)28(21(16)30)15-6-2-1-3-7-15/h1-12H,13H2,(H,23,29)(H,24,31). The van der Waals surface area contributed by atoms with Gasteiger partial charge in [-0.15, -0.1) is 10.2 Å². The van der Waals surface area contributed by atoms with Crippen molar-refractivity contribution in [3.8, 4) is 5.69 Å². The fourth-order valence-electron chi connectivity index (χ4n) is 3.44. The number of carbonyl (C=O) groups is 1. The second-order valence-electron chi connectivity index (χ2n) is 6.89. The average molecular weight is 412 g/mol. The van der Waals surface area contributed by atoms with Crippen LogP contribution in [0.4, 0.5) is 0 Å². The molecule has 9 nitrogen and oxygen atoms in total. The van der Waals surface area contributed by atoms with Gasteiger partial charge in [-0.1, -0.05) is 24.3 Å². The summed E-state index contributed by atoms with van der Waals surface area (Å²) in [6.07, 6.45) is 1.81. The summed E-state index contributed by atoms with van der Waals surface area (Å²) >= 11 is 0. The number of nitrogens with one attached hydrogen (secondary N) is 2. The molecule has 5 rings (SSSR count). The smallest absolute Gasteiger partial charge is 0.333 e. The van der Waals surface area contributed by atoms with Gasteiger partial charge in [-0.25, -0.2) is 9.36 Å². The molecule has 3 heterocycles. The Morgan fingerprint density at radius 2 is 1.77 bits per heavy atom. The molecule has 0 atom stereocenters. The topological polar surface area (TPSA) is 114 Å². The van der Waals surface area contributed by atoms with E-state index in [4.69, 9.17) is 0 Å². The van der Waals surface area contributed by atoms with E-state index in [2.05, 4.69) is 20.5 Å². The van der Waals surface area contributed by atoms with Crippen LogP contribution in [0.25, 0.3) is 22.2 Å². The monoisotopic (exact) mass is 412 g/mol. The zero-order chi connectivity index (χ0) is 21.4. The Bertz CT molecular complexity index is 1550. The summed E-state index contributed by atoms with van der Waals surface area (Å²) in [6.45, 7) is 0.175. The highest BCUT2D eigenvalue weighted by atomic mass is 16.2. The Morgan fingerprint density at radius 3 is 2.61 bits per heavy atom. The van der Waals surface area contributed by atoms with E-state index in [1.54, 1.807) is 40.8 Å². The summed E-state index contributed by atoms with van der Waals surface area (Å²) in [4.78, 5) is 40.7. The lowest BCUT2D eigenvalue weighted by molar-refractivity contribution is 0.0950. The largest absolute Gasteiger partial charge is 0.345 e. The van der Waals surface area contributed by atoms with Gasteiger partial charge in [0.05, 0.1) is 23.1 Å². The fourth-order valence-corrected chi connectivity index (χ4v) is 3.44. The van der Waals surface area contributed by atoms with Crippen LogP contribution < -0.4 is 16.6 Å².